The van der Waals surface area contributed by atoms with E-state index in [2.05, 4.69) is 0 Å². The summed E-state index contributed by atoms with van der Waals surface area (Å²) in [5, 5.41) is 0. The Morgan fingerprint density at radius 3 is 2.03 bits per heavy atom. The Kier molecular flexibility index (Phi) is 8.95. The molecule has 0 aliphatic carbocycles. The van der Waals surface area contributed by atoms with Gasteiger partial charge in [0, 0.05) is 26.2 Å². The molecule has 0 unspecified atom stereocenters. The van der Waals surface area contributed by atoms with Crippen LogP contribution in [0.15, 0.2) is 36.4 Å². The van der Waals surface area contributed by atoms with Crippen molar-refractivity contribution in [2.45, 2.75) is 20.8 Å². The highest BCUT2D eigenvalue weighted by Gasteiger charge is 2.24. The highest BCUT2D eigenvalue weighted by molar-refractivity contribution is 5.93. The molecule has 1 aliphatic rings. The van der Waals surface area contributed by atoms with E-state index in [0.29, 0.717) is 68.9 Å². The Hall–Kier alpha value is -3.49. The highest BCUT2D eigenvalue weighted by atomic mass is 19.1. The number of hydrogen-bond donors (Lipinski definition) is 0. The molecule has 2 aromatic rings. The average molecular weight is 475 g/mol. The second-order valence-corrected chi connectivity index (χ2v) is 7.50. The predicted molar refractivity (Wildman–Crippen MR) is 125 cm³/mol. The number of ether oxygens (including phenoxy) is 4. The molecule has 0 spiro atoms. The van der Waals surface area contributed by atoms with Crippen molar-refractivity contribution in [3.8, 4) is 17.2 Å². The third kappa shape index (κ3) is 6.09. The molecule has 0 saturated carbocycles. The molecule has 9 heteroatoms. The zero-order chi connectivity index (χ0) is 24.5. The lowest BCUT2D eigenvalue weighted by Gasteiger charge is -2.36. The number of piperazine rings is 1. The van der Waals surface area contributed by atoms with Crippen LogP contribution < -0.4 is 19.1 Å². The third-order valence-corrected chi connectivity index (χ3v) is 5.30. The first-order chi connectivity index (χ1) is 16.5. The van der Waals surface area contributed by atoms with E-state index in [-0.39, 0.29) is 23.9 Å². The van der Waals surface area contributed by atoms with Crippen molar-refractivity contribution >= 4 is 17.6 Å². The first kappa shape index (κ1) is 25.1. The molecule has 184 valence electrons. The van der Waals surface area contributed by atoms with E-state index in [1.807, 2.05) is 25.7 Å². The van der Waals surface area contributed by atoms with Crippen molar-refractivity contribution in [2.75, 3.05) is 57.5 Å². The normalized spacial score (nSPS) is 13.4. The predicted octanol–water partition coefficient (Wildman–Crippen LogP) is 3.53. The molecule has 2 aromatic carbocycles. The van der Waals surface area contributed by atoms with Gasteiger partial charge in [-0.3, -0.25) is 4.79 Å². The van der Waals surface area contributed by atoms with Crippen LogP contribution in [0, 0.1) is 5.82 Å². The molecule has 0 atom stereocenters. The number of carbonyl (C=O) groups excluding carboxylic acids is 2. The summed E-state index contributed by atoms with van der Waals surface area (Å²) in [6.07, 6.45) is 0. The summed E-state index contributed by atoms with van der Waals surface area (Å²) in [7, 11) is 0. The summed E-state index contributed by atoms with van der Waals surface area (Å²) in [5.41, 5.74) is 0.722. The maximum atomic E-state index is 14.0. The smallest absolute Gasteiger partial charge is 0.338 e. The van der Waals surface area contributed by atoms with Crippen LogP contribution in [0.25, 0.3) is 0 Å². The molecule has 0 N–H and O–H groups in total. The van der Waals surface area contributed by atoms with E-state index >= 15 is 0 Å². The quantitative estimate of drug-likeness (QED) is 0.488. The van der Waals surface area contributed by atoms with Crippen LogP contribution in [0.5, 0.6) is 17.2 Å². The van der Waals surface area contributed by atoms with E-state index in [4.69, 9.17) is 18.9 Å². The van der Waals surface area contributed by atoms with Gasteiger partial charge in [-0.05, 0) is 45.0 Å². The second-order valence-electron chi connectivity index (χ2n) is 7.50. The van der Waals surface area contributed by atoms with Crippen molar-refractivity contribution in [1.29, 1.82) is 0 Å². The maximum absolute atomic E-state index is 14.0. The van der Waals surface area contributed by atoms with Gasteiger partial charge in [0.25, 0.3) is 5.91 Å². The molecule has 1 aliphatic heterocycles. The van der Waals surface area contributed by atoms with Crippen LogP contribution in [0.1, 0.15) is 31.1 Å². The summed E-state index contributed by atoms with van der Waals surface area (Å²) < 4.78 is 36.2. The van der Waals surface area contributed by atoms with Crippen molar-refractivity contribution < 1.29 is 32.9 Å². The van der Waals surface area contributed by atoms with Crippen molar-refractivity contribution in [2.24, 2.45) is 0 Å². The highest BCUT2D eigenvalue weighted by Crippen LogP contribution is 2.39. The number of nitrogens with zero attached hydrogens (tertiary/aromatic N) is 2. The Morgan fingerprint density at radius 2 is 1.47 bits per heavy atom. The summed E-state index contributed by atoms with van der Waals surface area (Å²) >= 11 is 0. The van der Waals surface area contributed by atoms with Gasteiger partial charge >= 0.3 is 5.97 Å². The fourth-order valence-corrected chi connectivity index (χ4v) is 3.71. The van der Waals surface area contributed by atoms with Gasteiger partial charge < -0.3 is 28.7 Å². The average Bonchev–Trinajstić information content (AvgIpc) is 2.85. The van der Waals surface area contributed by atoms with Gasteiger partial charge in [-0.15, -0.1) is 0 Å². The van der Waals surface area contributed by atoms with Gasteiger partial charge in [0.1, 0.15) is 5.82 Å². The Balaban J connectivity index is 1.60. The third-order valence-electron chi connectivity index (χ3n) is 5.30. The van der Waals surface area contributed by atoms with Crippen LogP contribution in [-0.4, -0.2) is 69.4 Å². The summed E-state index contributed by atoms with van der Waals surface area (Å²) in [6.45, 7) is 8.08. The number of amides is 1. The van der Waals surface area contributed by atoms with Crippen LogP contribution in [0.2, 0.25) is 0 Å². The Bertz CT molecular complexity index is 964. The number of carbonyl (C=O) groups is 2. The minimum atomic E-state index is -0.664. The van der Waals surface area contributed by atoms with Gasteiger partial charge in [-0.2, -0.15) is 0 Å². The molecule has 3 rings (SSSR count). The molecule has 34 heavy (non-hydrogen) atoms. The molecule has 0 bridgehead atoms. The van der Waals surface area contributed by atoms with Gasteiger partial charge in [-0.1, -0.05) is 12.1 Å². The van der Waals surface area contributed by atoms with E-state index in [1.165, 1.54) is 18.2 Å². The summed E-state index contributed by atoms with van der Waals surface area (Å²) in [5.74, 6) is -0.0857. The molecular weight excluding hydrogens is 443 g/mol. The summed E-state index contributed by atoms with van der Waals surface area (Å²) in [4.78, 5) is 28.8. The Morgan fingerprint density at radius 1 is 0.882 bits per heavy atom. The molecule has 1 amide bonds. The van der Waals surface area contributed by atoms with E-state index in [1.54, 1.807) is 23.1 Å². The van der Waals surface area contributed by atoms with E-state index < -0.39 is 5.97 Å². The fourth-order valence-electron chi connectivity index (χ4n) is 3.71. The topological polar surface area (TPSA) is 77.5 Å². The summed E-state index contributed by atoms with van der Waals surface area (Å²) in [6, 6.07) is 9.61. The van der Waals surface area contributed by atoms with E-state index in [9.17, 15) is 14.0 Å². The number of benzene rings is 2. The lowest BCUT2D eigenvalue weighted by molar-refractivity contribution is -0.134. The van der Waals surface area contributed by atoms with Gasteiger partial charge in [0.2, 0.25) is 5.75 Å². The van der Waals surface area contributed by atoms with Gasteiger partial charge in [0.15, 0.2) is 18.1 Å². The molecule has 1 saturated heterocycles. The largest absolute Gasteiger partial charge is 0.490 e. The molecule has 0 radical (unpaired) electrons. The van der Waals surface area contributed by atoms with Crippen molar-refractivity contribution in [3.63, 3.8) is 0 Å². The molecule has 0 aromatic heterocycles. The standard InChI is InChI=1S/C25H31FN2O6/c1-4-31-21-15-18(16-22(32-5-2)24(21)33-6-3)25(30)34-17-23(29)28-13-11-27(12-14-28)20-10-8-7-9-19(20)26/h7-10,15-16H,4-6,11-14,17H2,1-3H3. The molecule has 8 nitrogen and oxygen atoms in total. The van der Waals surface area contributed by atoms with Gasteiger partial charge in [0.05, 0.1) is 31.1 Å². The van der Waals surface area contributed by atoms with Crippen LogP contribution >= 0.6 is 0 Å². The van der Waals surface area contributed by atoms with Crippen molar-refractivity contribution in [1.82, 2.24) is 4.90 Å². The first-order valence-corrected chi connectivity index (χ1v) is 11.5. The lowest BCUT2D eigenvalue weighted by Crippen LogP contribution is -2.50. The monoisotopic (exact) mass is 474 g/mol. The minimum absolute atomic E-state index is 0.201. The van der Waals surface area contributed by atoms with Gasteiger partial charge in [-0.25, -0.2) is 9.18 Å². The number of halogens is 1. The van der Waals surface area contributed by atoms with Crippen LogP contribution in [-0.2, 0) is 9.53 Å². The number of anilines is 1. The first-order valence-electron chi connectivity index (χ1n) is 11.5. The number of hydrogen-bond acceptors (Lipinski definition) is 7. The lowest BCUT2D eigenvalue weighted by atomic mass is 10.2. The minimum Gasteiger partial charge on any atom is -0.490 e. The van der Waals surface area contributed by atoms with E-state index in [0.717, 1.165) is 0 Å². The van der Waals surface area contributed by atoms with Crippen LogP contribution in [0.4, 0.5) is 10.1 Å². The number of rotatable bonds is 10. The zero-order valence-electron chi connectivity index (χ0n) is 19.8. The Labute approximate surface area is 199 Å². The number of para-hydroxylation sites is 1. The zero-order valence-corrected chi connectivity index (χ0v) is 19.8. The number of esters is 1. The molecule has 1 heterocycles. The van der Waals surface area contributed by atoms with Crippen LogP contribution in [0.3, 0.4) is 0 Å². The molecule has 1 fully saturated rings. The molecular formula is C25H31FN2O6. The second kappa shape index (κ2) is 12.1. The SMILES string of the molecule is CCOc1cc(C(=O)OCC(=O)N2CCN(c3ccccc3F)CC2)cc(OCC)c1OCC. The van der Waals surface area contributed by atoms with Crippen molar-refractivity contribution in [3.05, 3.63) is 47.8 Å². The maximum Gasteiger partial charge on any atom is 0.338 e. The fraction of sp³-hybridized carbons (Fsp3) is 0.440.